The van der Waals surface area contributed by atoms with E-state index in [2.05, 4.69) is 10.6 Å². The largest absolute Gasteiger partial charge is 0.497 e. The van der Waals surface area contributed by atoms with Gasteiger partial charge in [0.2, 0.25) is 11.8 Å². The van der Waals surface area contributed by atoms with Crippen molar-refractivity contribution in [3.8, 4) is 5.75 Å². The van der Waals surface area contributed by atoms with Crippen molar-refractivity contribution in [2.45, 2.75) is 26.3 Å². The van der Waals surface area contributed by atoms with Crippen molar-refractivity contribution >= 4 is 11.8 Å². The molecule has 0 saturated heterocycles. The van der Waals surface area contributed by atoms with Crippen LogP contribution >= 0.6 is 0 Å². The summed E-state index contributed by atoms with van der Waals surface area (Å²) >= 11 is 0. The molecular weight excluding hydrogens is 282 g/mol. The van der Waals surface area contributed by atoms with Gasteiger partial charge in [-0.05, 0) is 30.0 Å². The van der Waals surface area contributed by atoms with Crippen LogP contribution in [0.3, 0.4) is 0 Å². The number of nitrogens with one attached hydrogen (secondary N) is 2. The second-order valence-electron chi connectivity index (χ2n) is 5.44. The molecule has 0 spiro atoms. The van der Waals surface area contributed by atoms with E-state index in [4.69, 9.17) is 10.5 Å². The number of nitrogens with two attached hydrogens (primary N) is 1. The van der Waals surface area contributed by atoms with Crippen LogP contribution in [0.5, 0.6) is 5.75 Å². The van der Waals surface area contributed by atoms with Gasteiger partial charge in [-0.2, -0.15) is 0 Å². The molecule has 6 heteroatoms. The Morgan fingerprint density at radius 3 is 2.36 bits per heavy atom. The van der Waals surface area contributed by atoms with Gasteiger partial charge in [-0.25, -0.2) is 0 Å². The molecule has 2 amide bonds. The topological polar surface area (TPSA) is 93.5 Å². The first-order valence-electron chi connectivity index (χ1n) is 7.37. The number of carbonyl (C=O) groups excluding carboxylic acids is 2. The SMILES string of the molecule is COc1ccc(CCNC(=O)CNC(=O)[C@@H](N)C(C)C)cc1. The zero-order valence-electron chi connectivity index (χ0n) is 13.4. The molecule has 0 fully saturated rings. The number of hydrogen-bond acceptors (Lipinski definition) is 4. The lowest BCUT2D eigenvalue weighted by atomic mass is 10.1. The van der Waals surface area contributed by atoms with Crippen molar-refractivity contribution in [2.24, 2.45) is 11.7 Å². The number of benzene rings is 1. The summed E-state index contributed by atoms with van der Waals surface area (Å²) in [5.74, 6) is 0.313. The average Bonchev–Trinajstić information content (AvgIpc) is 2.52. The second kappa shape index (κ2) is 9.04. The fourth-order valence-corrected chi connectivity index (χ4v) is 1.79. The van der Waals surface area contributed by atoms with Crippen molar-refractivity contribution in [3.05, 3.63) is 29.8 Å². The van der Waals surface area contributed by atoms with E-state index < -0.39 is 6.04 Å². The third-order valence-electron chi connectivity index (χ3n) is 3.34. The molecule has 1 aromatic carbocycles. The van der Waals surface area contributed by atoms with Crippen molar-refractivity contribution in [2.75, 3.05) is 20.2 Å². The maximum Gasteiger partial charge on any atom is 0.239 e. The summed E-state index contributed by atoms with van der Waals surface area (Å²) in [5, 5.41) is 5.29. The van der Waals surface area contributed by atoms with Crippen molar-refractivity contribution in [3.63, 3.8) is 0 Å². The van der Waals surface area contributed by atoms with E-state index in [1.54, 1.807) is 7.11 Å². The molecule has 0 radical (unpaired) electrons. The highest BCUT2D eigenvalue weighted by molar-refractivity contribution is 5.87. The lowest BCUT2D eigenvalue weighted by molar-refractivity contribution is -0.127. The van der Waals surface area contributed by atoms with Crippen LogP contribution in [0.4, 0.5) is 0 Å². The molecular formula is C16H25N3O3. The molecule has 0 unspecified atom stereocenters. The Morgan fingerprint density at radius 1 is 1.18 bits per heavy atom. The van der Waals surface area contributed by atoms with Gasteiger partial charge in [0.1, 0.15) is 5.75 Å². The number of hydrogen-bond donors (Lipinski definition) is 3. The lowest BCUT2D eigenvalue weighted by Gasteiger charge is -2.15. The Morgan fingerprint density at radius 2 is 1.82 bits per heavy atom. The highest BCUT2D eigenvalue weighted by atomic mass is 16.5. The second-order valence-corrected chi connectivity index (χ2v) is 5.44. The molecule has 1 rings (SSSR count). The minimum atomic E-state index is -0.591. The first-order chi connectivity index (χ1) is 10.4. The third kappa shape index (κ3) is 6.13. The van der Waals surface area contributed by atoms with Crippen LogP contribution in [0.1, 0.15) is 19.4 Å². The predicted molar refractivity (Wildman–Crippen MR) is 85.5 cm³/mol. The van der Waals surface area contributed by atoms with E-state index in [0.717, 1.165) is 17.7 Å². The van der Waals surface area contributed by atoms with Gasteiger partial charge in [-0.3, -0.25) is 9.59 Å². The van der Waals surface area contributed by atoms with E-state index in [1.165, 1.54) is 0 Å². The highest BCUT2D eigenvalue weighted by Crippen LogP contribution is 2.11. The van der Waals surface area contributed by atoms with Crippen molar-refractivity contribution in [1.82, 2.24) is 10.6 Å². The average molecular weight is 307 g/mol. The molecule has 0 saturated carbocycles. The molecule has 122 valence electrons. The minimum absolute atomic E-state index is 0.0399. The summed E-state index contributed by atoms with van der Waals surface area (Å²) in [5.41, 5.74) is 6.80. The number of amides is 2. The summed E-state index contributed by atoms with van der Waals surface area (Å²) in [6.07, 6.45) is 0.717. The van der Waals surface area contributed by atoms with Crippen LogP contribution in [0, 0.1) is 5.92 Å². The van der Waals surface area contributed by atoms with Crippen LogP contribution in [0.2, 0.25) is 0 Å². The summed E-state index contributed by atoms with van der Waals surface area (Å²) < 4.78 is 5.08. The van der Waals surface area contributed by atoms with Gasteiger partial charge < -0.3 is 21.1 Å². The standard InChI is InChI=1S/C16H25N3O3/c1-11(2)15(17)16(21)19-10-14(20)18-9-8-12-4-6-13(22-3)7-5-12/h4-7,11,15H,8-10,17H2,1-3H3,(H,18,20)(H,19,21)/t15-/m0/s1. The van der Waals surface area contributed by atoms with E-state index in [1.807, 2.05) is 38.1 Å². The summed E-state index contributed by atoms with van der Waals surface area (Å²) in [4.78, 5) is 23.3. The quantitative estimate of drug-likeness (QED) is 0.650. The van der Waals surface area contributed by atoms with Crippen LogP contribution in [-0.2, 0) is 16.0 Å². The molecule has 0 heterocycles. The predicted octanol–water partition coefficient (Wildman–Crippen LogP) is 0.453. The summed E-state index contributed by atoms with van der Waals surface area (Å²) in [7, 11) is 1.62. The number of rotatable bonds is 8. The van der Waals surface area contributed by atoms with Gasteiger partial charge in [0.15, 0.2) is 0 Å². The monoisotopic (exact) mass is 307 g/mol. The Hall–Kier alpha value is -2.08. The van der Waals surface area contributed by atoms with E-state index in [0.29, 0.717) is 6.54 Å². The van der Waals surface area contributed by atoms with E-state index in [-0.39, 0.29) is 24.3 Å². The van der Waals surface area contributed by atoms with Gasteiger partial charge in [-0.1, -0.05) is 26.0 Å². The maximum absolute atomic E-state index is 11.6. The molecule has 6 nitrogen and oxygen atoms in total. The molecule has 0 aliphatic carbocycles. The molecule has 1 aromatic rings. The van der Waals surface area contributed by atoms with E-state index in [9.17, 15) is 9.59 Å². The molecule has 0 aromatic heterocycles. The molecule has 22 heavy (non-hydrogen) atoms. The molecule has 4 N–H and O–H groups in total. The van der Waals surface area contributed by atoms with Gasteiger partial charge in [-0.15, -0.1) is 0 Å². The maximum atomic E-state index is 11.6. The molecule has 1 atom stereocenters. The van der Waals surface area contributed by atoms with Crippen LogP contribution < -0.4 is 21.1 Å². The third-order valence-corrected chi connectivity index (χ3v) is 3.34. The molecule has 0 bridgehead atoms. The number of carbonyl (C=O) groups is 2. The van der Waals surface area contributed by atoms with E-state index >= 15 is 0 Å². The summed E-state index contributed by atoms with van der Waals surface area (Å²) in [6.45, 7) is 4.18. The first kappa shape index (κ1) is 18.0. The Balaban J connectivity index is 2.24. The van der Waals surface area contributed by atoms with Crippen LogP contribution in [-0.4, -0.2) is 38.1 Å². The van der Waals surface area contributed by atoms with Gasteiger partial charge in [0, 0.05) is 6.54 Å². The van der Waals surface area contributed by atoms with Crippen molar-refractivity contribution in [1.29, 1.82) is 0 Å². The highest BCUT2D eigenvalue weighted by Gasteiger charge is 2.17. The van der Waals surface area contributed by atoms with Gasteiger partial charge in [0.25, 0.3) is 0 Å². The Kier molecular flexibility index (Phi) is 7.39. The molecule has 0 aliphatic heterocycles. The fourth-order valence-electron chi connectivity index (χ4n) is 1.79. The smallest absolute Gasteiger partial charge is 0.239 e. The lowest BCUT2D eigenvalue weighted by Crippen LogP contribution is -2.47. The zero-order chi connectivity index (χ0) is 16.5. The normalized spacial score (nSPS) is 11.9. The summed E-state index contributed by atoms with van der Waals surface area (Å²) in [6, 6.07) is 7.07. The fraction of sp³-hybridized carbons (Fsp3) is 0.500. The minimum Gasteiger partial charge on any atom is -0.497 e. The van der Waals surface area contributed by atoms with Gasteiger partial charge >= 0.3 is 0 Å². The zero-order valence-corrected chi connectivity index (χ0v) is 13.4. The van der Waals surface area contributed by atoms with Gasteiger partial charge in [0.05, 0.1) is 19.7 Å². The van der Waals surface area contributed by atoms with Crippen LogP contribution in [0.15, 0.2) is 24.3 Å². The molecule has 0 aliphatic rings. The van der Waals surface area contributed by atoms with Crippen LogP contribution in [0.25, 0.3) is 0 Å². The number of ether oxygens (including phenoxy) is 1. The number of methoxy groups -OCH3 is 1. The first-order valence-corrected chi connectivity index (χ1v) is 7.37. The Bertz CT molecular complexity index is 486. The van der Waals surface area contributed by atoms with Crippen molar-refractivity contribution < 1.29 is 14.3 Å². The Labute approximate surface area is 131 Å².